The molecule has 5 amide bonds. The van der Waals surface area contributed by atoms with Gasteiger partial charge in [-0.15, -0.1) is 0 Å². The van der Waals surface area contributed by atoms with Crippen molar-refractivity contribution in [3.63, 3.8) is 0 Å². The molecule has 4 aliphatic heterocycles. The number of likely N-dealkylation sites (tertiary alicyclic amines) is 2. The van der Waals surface area contributed by atoms with Crippen molar-refractivity contribution in [1.82, 2.24) is 20.0 Å². The van der Waals surface area contributed by atoms with Crippen LogP contribution in [0.15, 0.2) is 18.2 Å². The highest BCUT2D eigenvalue weighted by Gasteiger charge is 2.53. The standard InChI is InChI=1S/C25H30N4O7/c1-24(2,3)36-23(34)28-13-25(14-28)11-27(12-25)8-9-35-15-4-5-16-17(10-15)22(33)29(21(16)32)18-6-7-19(30)26-20(18)31/h4-5,10,18H,6-9,11-14H2,1-3H3,(H,26,30,31). The van der Waals surface area contributed by atoms with Gasteiger partial charge in [-0.25, -0.2) is 4.79 Å². The van der Waals surface area contributed by atoms with Gasteiger partial charge in [0.1, 0.15) is 24.0 Å². The lowest BCUT2D eigenvalue weighted by Crippen LogP contribution is -2.73. The number of imide groups is 2. The molecular formula is C25H30N4O7. The Kier molecular flexibility index (Phi) is 5.77. The van der Waals surface area contributed by atoms with E-state index in [4.69, 9.17) is 9.47 Å². The molecule has 36 heavy (non-hydrogen) atoms. The molecule has 0 aromatic heterocycles. The zero-order chi connectivity index (χ0) is 25.8. The van der Waals surface area contributed by atoms with E-state index in [9.17, 15) is 24.0 Å². The van der Waals surface area contributed by atoms with E-state index in [1.54, 1.807) is 11.0 Å². The van der Waals surface area contributed by atoms with Crippen LogP contribution in [0.5, 0.6) is 5.75 Å². The Morgan fingerprint density at radius 3 is 2.42 bits per heavy atom. The van der Waals surface area contributed by atoms with E-state index in [0.29, 0.717) is 32.0 Å². The van der Waals surface area contributed by atoms with E-state index >= 15 is 0 Å². The highest BCUT2D eigenvalue weighted by Crippen LogP contribution is 2.40. The van der Waals surface area contributed by atoms with E-state index in [-0.39, 0.29) is 35.5 Å². The van der Waals surface area contributed by atoms with Gasteiger partial charge in [-0.2, -0.15) is 0 Å². The van der Waals surface area contributed by atoms with Crippen LogP contribution < -0.4 is 10.1 Å². The fourth-order valence-corrected chi connectivity index (χ4v) is 5.31. The highest BCUT2D eigenvalue weighted by atomic mass is 16.6. The first-order valence-corrected chi connectivity index (χ1v) is 12.1. The molecule has 1 atom stereocenters. The van der Waals surface area contributed by atoms with E-state index in [2.05, 4.69) is 10.2 Å². The fourth-order valence-electron chi connectivity index (χ4n) is 5.31. The van der Waals surface area contributed by atoms with Gasteiger partial charge in [-0.1, -0.05) is 0 Å². The van der Waals surface area contributed by atoms with Crippen LogP contribution in [0.3, 0.4) is 0 Å². The van der Waals surface area contributed by atoms with Crippen molar-refractivity contribution in [1.29, 1.82) is 0 Å². The van der Waals surface area contributed by atoms with E-state index in [1.165, 1.54) is 12.1 Å². The quantitative estimate of drug-likeness (QED) is 0.597. The van der Waals surface area contributed by atoms with Crippen LogP contribution in [0.1, 0.15) is 54.3 Å². The van der Waals surface area contributed by atoms with Crippen LogP contribution >= 0.6 is 0 Å². The van der Waals surface area contributed by atoms with Gasteiger partial charge in [0.25, 0.3) is 11.8 Å². The van der Waals surface area contributed by atoms with E-state index < -0.39 is 35.3 Å². The number of benzene rings is 1. The van der Waals surface area contributed by atoms with Gasteiger partial charge >= 0.3 is 6.09 Å². The number of nitrogens with zero attached hydrogens (tertiary/aromatic N) is 3. The third-order valence-electron chi connectivity index (χ3n) is 6.91. The molecule has 1 spiro atoms. The molecule has 0 radical (unpaired) electrons. The van der Waals surface area contributed by atoms with Gasteiger partial charge in [-0.05, 0) is 45.4 Å². The molecule has 11 heteroatoms. The van der Waals surface area contributed by atoms with Crippen molar-refractivity contribution < 1.29 is 33.4 Å². The summed E-state index contributed by atoms with van der Waals surface area (Å²) in [6.07, 6.45) is -0.0721. The smallest absolute Gasteiger partial charge is 0.410 e. The molecule has 5 rings (SSSR count). The number of rotatable bonds is 5. The second-order valence-corrected chi connectivity index (χ2v) is 11.1. The molecule has 1 aromatic rings. The van der Waals surface area contributed by atoms with Crippen LogP contribution in [0.2, 0.25) is 0 Å². The Labute approximate surface area is 208 Å². The van der Waals surface area contributed by atoms with Crippen LogP contribution in [0.4, 0.5) is 4.79 Å². The van der Waals surface area contributed by atoms with Gasteiger partial charge in [0, 0.05) is 44.6 Å². The van der Waals surface area contributed by atoms with Crippen molar-refractivity contribution in [2.75, 3.05) is 39.3 Å². The first-order chi connectivity index (χ1) is 16.9. The lowest BCUT2D eigenvalue weighted by Gasteiger charge is -2.59. The van der Waals surface area contributed by atoms with Crippen molar-refractivity contribution in [3.05, 3.63) is 29.3 Å². The number of piperidine rings is 1. The summed E-state index contributed by atoms with van der Waals surface area (Å²) in [5, 5.41) is 2.19. The molecule has 1 unspecified atom stereocenters. The van der Waals surface area contributed by atoms with E-state index in [0.717, 1.165) is 18.0 Å². The largest absolute Gasteiger partial charge is 0.492 e. The number of fused-ring (bicyclic) bond motifs is 1. The Morgan fingerprint density at radius 2 is 1.75 bits per heavy atom. The summed E-state index contributed by atoms with van der Waals surface area (Å²) in [4.78, 5) is 66.4. The van der Waals surface area contributed by atoms with Crippen molar-refractivity contribution in [2.24, 2.45) is 5.41 Å². The molecule has 3 fully saturated rings. The lowest BCUT2D eigenvalue weighted by atomic mass is 9.73. The average molecular weight is 499 g/mol. The third kappa shape index (κ3) is 4.43. The lowest BCUT2D eigenvalue weighted by molar-refractivity contribution is -0.136. The summed E-state index contributed by atoms with van der Waals surface area (Å²) in [7, 11) is 0. The van der Waals surface area contributed by atoms with Crippen LogP contribution in [0.25, 0.3) is 0 Å². The summed E-state index contributed by atoms with van der Waals surface area (Å²) in [6, 6.07) is 3.72. The van der Waals surface area contributed by atoms with Gasteiger partial charge in [-0.3, -0.25) is 34.3 Å². The molecule has 0 bridgehead atoms. The van der Waals surface area contributed by atoms with Crippen LogP contribution in [-0.2, 0) is 14.3 Å². The first kappa shape index (κ1) is 24.2. The topological polar surface area (TPSA) is 126 Å². The first-order valence-electron chi connectivity index (χ1n) is 12.1. The number of nitrogens with one attached hydrogen (secondary N) is 1. The molecule has 11 nitrogen and oxygen atoms in total. The molecule has 0 aliphatic carbocycles. The number of amides is 5. The highest BCUT2D eigenvalue weighted by molar-refractivity contribution is 6.23. The molecule has 0 saturated carbocycles. The van der Waals surface area contributed by atoms with Gasteiger partial charge < -0.3 is 14.4 Å². The third-order valence-corrected chi connectivity index (χ3v) is 6.91. The maximum absolute atomic E-state index is 12.9. The number of hydrogen-bond acceptors (Lipinski definition) is 8. The maximum atomic E-state index is 12.9. The molecule has 1 aromatic carbocycles. The minimum absolute atomic E-state index is 0.0784. The number of carbonyl (C=O) groups is 5. The van der Waals surface area contributed by atoms with Crippen molar-refractivity contribution in [2.45, 2.75) is 45.3 Å². The van der Waals surface area contributed by atoms with E-state index in [1.807, 2.05) is 20.8 Å². The van der Waals surface area contributed by atoms with Gasteiger partial charge in [0.15, 0.2) is 0 Å². The van der Waals surface area contributed by atoms with Crippen molar-refractivity contribution >= 4 is 29.7 Å². The Balaban J connectivity index is 1.09. The minimum Gasteiger partial charge on any atom is -0.492 e. The summed E-state index contributed by atoms with van der Waals surface area (Å²) < 4.78 is 11.3. The van der Waals surface area contributed by atoms with Crippen LogP contribution in [-0.4, -0.2) is 95.4 Å². The fraction of sp³-hybridized carbons (Fsp3) is 0.560. The predicted molar refractivity (Wildman–Crippen MR) is 125 cm³/mol. The zero-order valence-corrected chi connectivity index (χ0v) is 20.7. The predicted octanol–water partition coefficient (Wildman–Crippen LogP) is 1.02. The molecule has 4 heterocycles. The minimum atomic E-state index is -0.990. The zero-order valence-electron chi connectivity index (χ0n) is 20.7. The Hall–Kier alpha value is -3.47. The number of ether oxygens (including phenoxy) is 2. The molecular weight excluding hydrogens is 468 g/mol. The average Bonchev–Trinajstić information content (AvgIpc) is 2.97. The second kappa shape index (κ2) is 8.58. The summed E-state index contributed by atoms with van der Waals surface area (Å²) in [5.41, 5.74) is 0.0567. The maximum Gasteiger partial charge on any atom is 0.410 e. The van der Waals surface area contributed by atoms with Gasteiger partial charge in [0.05, 0.1) is 11.1 Å². The normalized spacial score (nSPS) is 23.2. The number of hydrogen-bond donors (Lipinski definition) is 1. The van der Waals surface area contributed by atoms with Gasteiger partial charge in [0.2, 0.25) is 11.8 Å². The summed E-state index contributed by atoms with van der Waals surface area (Å²) >= 11 is 0. The molecule has 3 saturated heterocycles. The van der Waals surface area contributed by atoms with Crippen molar-refractivity contribution in [3.8, 4) is 5.75 Å². The second-order valence-electron chi connectivity index (χ2n) is 11.1. The Morgan fingerprint density at radius 1 is 1.06 bits per heavy atom. The molecule has 1 N–H and O–H groups in total. The number of carbonyl (C=O) groups excluding carboxylic acids is 5. The van der Waals surface area contributed by atoms with Crippen LogP contribution in [0, 0.1) is 5.41 Å². The Bertz CT molecular complexity index is 1140. The molecule has 192 valence electrons. The summed E-state index contributed by atoms with van der Waals surface area (Å²) in [5.74, 6) is -1.67. The summed E-state index contributed by atoms with van der Waals surface area (Å²) in [6.45, 7) is 9.83. The monoisotopic (exact) mass is 498 g/mol. The SMILES string of the molecule is CC(C)(C)OC(=O)N1CC2(CN(CCOc3ccc4c(c3)C(=O)N(C3CCC(=O)NC3=O)C4=O)C2)C1. The molecule has 4 aliphatic rings.